The molecular formula is C22H37IN4O2. The van der Waals surface area contributed by atoms with Crippen LogP contribution in [0.5, 0.6) is 0 Å². The fourth-order valence-electron chi connectivity index (χ4n) is 3.38. The van der Waals surface area contributed by atoms with Gasteiger partial charge >= 0.3 is 0 Å². The van der Waals surface area contributed by atoms with E-state index in [4.69, 9.17) is 4.74 Å². The number of carbonyl (C=O) groups excluding carboxylic acids is 1. The number of hydrogen-bond donors (Lipinski definition) is 3. The van der Waals surface area contributed by atoms with Crippen LogP contribution in [0.25, 0.3) is 0 Å². The van der Waals surface area contributed by atoms with Crippen LogP contribution < -0.4 is 16.0 Å². The topological polar surface area (TPSA) is 74.8 Å². The molecule has 7 heteroatoms. The van der Waals surface area contributed by atoms with Gasteiger partial charge in [-0.3, -0.25) is 9.79 Å². The highest BCUT2D eigenvalue weighted by Gasteiger charge is 2.13. The molecule has 0 spiro atoms. The zero-order valence-electron chi connectivity index (χ0n) is 17.8. The number of ether oxygens (including phenoxy) is 1. The van der Waals surface area contributed by atoms with Gasteiger partial charge in [0.15, 0.2) is 5.96 Å². The first-order valence-electron chi connectivity index (χ1n) is 10.7. The summed E-state index contributed by atoms with van der Waals surface area (Å²) in [5, 5.41) is 9.58. The van der Waals surface area contributed by atoms with E-state index in [-0.39, 0.29) is 29.9 Å². The molecule has 0 unspecified atom stereocenters. The molecule has 29 heavy (non-hydrogen) atoms. The van der Waals surface area contributed by atoms with E-state index in [0.29, 0.717) is 19.1 Å². The number of anilines is 1. The summed E-state index contributed by atoms with van der Waals surface area (Å²) in [5.41, 5.74) is 1.93. The molecule has 6 nitrogen and oxygen atoms in total. The van der Waals surface area contributed by atoms with Crippen molar-refractivity contribution in [3.63, 3.8) is 0 Å². The minimum Gasteiger partial charge on any atom is -0.378 e. The molecule has 0 bridgehead atoms. The molecule has 0 saturated heterocycles. The van der Waals surface area contributed by atoms with Crippen LogP contribution in [-0.2, 0) is 16.1 Å². The highest BCUT2D eigenvalue weighted by Crippen LogP contribution is 2.20. The van der Waals surface area contributed by atoms with Crippen molar-refractivity contribution in [2.45, 2.75) is 70.9 Å². The van der Waals surface area contributed by atoms with Gasteiger partial charge < -0.3 is 20.7 Å². The summed E-state index contributed by atoms with van der Waals surface area (Å²) in [6, 6.07) is 7.90. The predicted octanol–water partition coefficient (Wildman–Crippen LogP) is 4.45. The van der Waals surface area contributed by atoms with Gasteiger partial charge in [0.25, 0.3) is 0 Å². The molecule has 2 rings (SSSR count). The van der Waals surface area contributed by atoms with E-state index in [9.17, 15) is 4.79 Å². The largest absolute Gasteiger partial charge is 0.378 e. The van der Waals surface area contributed by atoms with Crippen LogP contribution in [0.2, 0.25) is 0 Å². The summed E-state index contributed by atoms with van der Waals surface area (Å²) in [6.45, 7) is 4.28. The van der Waals surface area contributed by atoms with Crippen LogP contribution in [0, 0.1) is 0 Å². The molecule has 0 heterocycles. The average Bonchev–Trinajstić information content (AvgIpc) is 2.71. The Morgan fingerprint density at radius 3 is 2.72 bits per heavy atom. The van der Waals surface area contributed by atoms with Gasteiger partial charge in [-0.1, -0.05) is 38.3 Å². The highest BCUT2D eigenvalue weighted by atomic mass is 127. The number of nitrogens with zero attached hydrogens (tertiary/aromatic N) is 1. The molecule has 1 saturated carbocycles. The van der Waals surface area contributed by atoms with E-state index in [1.54, 1.807) is 7.05 Å². The lowest BCUT2D eigenvalue weighted by molar-refractivity contribution is -0.116. The third-order valence-electron chi connectivity index (χ3n) is 4.89. The Kier molecular flexibility index (Phi) is 13.7. The number of nitrogens with one attached hydrogen (secondary N) is 3. The number of guanidine groups is 1. The number of benzene rings is 1. The summed E-state index contributed by atoms with van der Waals surface area (Å²) < 4.78 is 5.96. The van der Waals surface area contributed by atoms with Crippen molar-refractivity contribution in [1.29, 1.82) is 0 Å². The maximum Gasteiger partial charge on any atom is 0.224 e. The van der Waals surface area contributed by atoms with Crippen molar-refractivity contribution in [2.75, 3.05) is 25.5 Å². The molecule has 1 fully saturated rings. The van der Waals surface area contributed by atoms with Crippen LogP contribution in [0.4, 0.5) is 5.69 Å². The van der Waals surface area contributed by atoms with Gasteiger partial charge in [-0.2, -0.15) is 0 Å². The van der Waals surface area contributed by atoms with Gasteiger partial charge in [0.2, 0.25) is 5.91 Å². The number of rotatable bonds is 10. The first kappa shape index (κ1) is 25.7. The Bertz CT molecular complexity index is 619. The third kappa shape index (κ3) is 10.8. The molecule has 1 aliphatic carbocycles. The Balaban J connectivity index is 0.00000420. The van der Waals surface area contributed by atoms with Crippen molar-refractivity contribution in [1.82, 2.24) is 10.6 Å². The SMILES string of the molecule is CCCC(=O)Nc1cccc(CNC(=NC)NCCCOC2CCCCC2)c1.I. The fourth-order valence-corrected chi connectivity index (χ4v) is 3.38. The first-order chi connectivity index (χ1) is 13.7. The van der Waals surface area contributed by atoms with Gasteiger partial charge in [0.05, 0.1) is 6.10 Å². The second-order valence-corrected chi connectivity index (χ2v) is 7.34. The minimum absolute atomic E-state index is 0. The highest BCUT2D eigenvalue weighted by molar-refractivity contribution is 14.0. The Labute approximate surface area is 192 Å². The van der Waals surface area contributed by atoms with Crippen molar-refractivity contribution in [3.8, 4) is 0 Å². The van der Waals surface area contributed by atoms with Gasteiger partial charge in [0.1, 0.15) is 0 Å². The van der Waals surface area contributed by atoms with Gasteiger partial charge in [-0.25, -0.2) is 0 Å². The van der Waals surface area contributed by atoms with Crippen LogP contribution in [0.15, 0.2) is 29.3 Å². The molecule has 0 radical (unpaired) electrons. The third-order valence-corrected chi connectivity index (χ3v) is 4.89. The lowest BCUT2D eigenvalue weighted by atomic mass is 9.98. The maximum absolute atomic E-state index is 11.7. The van der Waals surface area contributed by atoms with E-state index in [1.165, 1.54) is 32.1 Å². The Morgan fingerprint density at radius 2 is 2.00 bits per heavy atom. The fraction of sp³-hybridized carbons (Fsp3) is 0.636. The molecule has 1 aliphatic rings. The molecule has 0 aromatic heterocycles. The number of amides is 1. The van der Waals surface area contributed by atoms with E-state index in [2.05, 4.69) is 20.9 Å². The zero-order chi connectivity index (χ0) is 20.0. The van der Waals surface area contributed by atoms with Gasteiger partial charge in [0, 0.05) is 38.9 Å². The summed E-state index contributed by atoms with van der Waals surface area (Å²) in [5.74, 6) is 0.832. The van der Waals surface area contributed by atoms with E-state index in [0.717, 1.165) is 43.2 Å². The van der Waals surface area contributed by atoms with Crippen molar-refractivity contribution >= 4 is 41.5 Å². The summed E-state index contributed by atoms with van der Waals surface area (Å²) >= 11 is 0. The van der Waals surface area contributed by atoms with Crippen LogP contribution in [0.3, 0.4) is 0 Å². The zero-order valence-corrected chi connectivity index (χ0v) is 20.2. The van der Waals surface area contributed by atoms with Crippen molar-refractivity contribution in [2.24, 2.45) is 4.99 Å². The second-order valence-electron chi connectivity index (χ2n) is 7.34. The Hall–Kier alpha value is -1.35. The van der Waals surface area contributed by atoms with Crippen molar-refractivity contribution in [3.05, 3.63) is 29.8 Å². The minimum atomic E-state index is 0. The Morgan fingerprint density at radius 1 is 1.21 bits per heavy atom. The normalized spacial score (nSPS) is 14.8. The number of carbonyl (C=O) groups is 1. The van der Waals surface area contributed by atoms with E-state index < -0.39 is 0 Å². The molecule has 1 aromatic carbocycles. The molecular weight excluding hydrogens is 479 g/mol. The lowest BCUT2D eigenvalue weighted by Crippen LogP contribution is -2.37. The quantitative estimate of drug-likeness (QED) is 0.186. The predicted molar refractivity (Wildman–Crippen MR) is 131 cm³/mol. The standard InChI is InChI=1S/C22H36N4O2.HI/c1-3-9-21(27)26-19-11-7-10-18(16-19)17-25-22(23-2)24-14-8-15-28-20-12-5-4-6-13-20;/h7,10-11,16,20H,3-6,8-9,12-15,17H2,1-2H3,(H,26,27)(H2,23,24,25);1H. The second kappa shape index (κ2) is 15.5. The monoisotopic (exact) mass is 516 g/mol. The van der Waals surface area contributed by atoms with Crippen molar-refractivity contribution < 1.29 is 9.53 Å². The first-order valence-corrected chi connectivity index (χ1v) is 10.7. The summed E-state index contributed by atoms with van der Waals surface area (Å²) in [4.78, 5) is 16.0. The van der Waals surface area contributed by atoms with Crippen LogP contribution in [0.1, 0.15) is 63.9 Å². The van der Waals surface area contributed by atoms with E-state index >= 15 is 0 Å². The smallest absolute Gasteiger partial charge is 0.224 e. The van der Waals surface area contributed by atoms with E-state index in [1.807, 2.05) is 31.2 Å². The van der Waals surface area contributed by atoms with Gasteiger partial charge in [-0.15, -0.1) is 24.0 Å². The molecule has 164 valence electrons. The van der Waals surface area contributed by atoms with Crippen LogP contribution in [-0.4, -0.2) is 38.2 Å². The summed E-state index contributed by atoms with van der Waals surface area (Å²) in [6.07, 6.45) is 9.24. The van der Waals surface area contributed by atoms with Gasteiger partial charge in [-0.05, 0) is 43.4 Å². The molecule has 0 aliphatic heterocycles. The summed E-state index contributed by atoms with van der Waals surface area (Å²) in [7, 11) is 1.77. The molecule has 3 N–H and O–H groups in total. The molecule has 0 atom stereocenters. The molecule has 1 aromatic rings. The number of aliphatic imine (C=N–C) groups is 1. The lowest BCUT2D eigenvalue weighted by Gasteiger charge is -2.22. The van der Waals surface area contributed by atoms with Crippen LogP contribution >= 0.6 is 24.0 Å². The number of halogens is 1. The average molecular weight is 516 g/mol. The molecule has 1 amide bonds. The maximum atomic E-state index is 11.7. The number of hydrogen-bond acceptors (Lipinski definition) is 3.